The summed E-state index contributed by atoms with van der Waals surface area (Å²) < 4.78 is 5.19. The molecule has 18 heavy (non-hydrogen) atoms. The zero-order valence-corrected chi connectivity index (χ0v) is 12.0. The summed E-state index contributed by atoms with van der Waals surface area (Å²) >= 11 is 0. The third-order valence-corrected chi connectivity index (χ3v) is 4.06. The first kappa shape index (κ1) is 15.4. The second kappa shape index (κ2) is 7.74. The lowest BCUT2D eigenvalue weighted by atomic mass is 9.99. The molecule has 1 rings (SSSR count). The van der Waals surface area contributed by atoms with Crippen molar-refractivity contribution in [3.05, 3.63) is 0 Å². The van der Waals surface area contributed by atoms with E-state index in [9.17, 15) is 4.79 Å². The van der Waals surface area contributed by atoms with E-state index in [1.54, 1.807) is 0 Å². The Labute approximate surface area is 111 Å². The molecule has 0 saturated heterocycles. The van der Waals surface area contributed by atoms with Crippen molar-refractivity contribution in [3.8, 4) is 0 Å². The highest BCUT2D eigenvalue weighted by Gasteiger charge is 2.36. The molecule has 3 atom stereocenters. The Bertz CT molecular complexity index is 258. The second-order valence-corrected chi connectivity index (χ2v) is 5.00. The quantitative estimate of drug-likeness (QED) is 0.705. The summed E-state index contributed by atoms with van der Waals surface area (Å²) in [5.41, 5.74) is 5.85. The highest BCUT2D eigenvalue weighted by Crippen LogP contribution is 2.31. The van der Waals surface area contributed by atoms with E-state index < -0.39 is 0 Å². The molecular weight excluding hydrogens is 228 g/mol. The van der Waals surface area contributed by atoms with Crippen molar-refractivity contribution in [2.75, 3.05) is 19.7 Å². The molecular formula is C14H28N2O2. The molecule has 1 aliphatic carbocycles. The molecule has 0 radical (unpaired) electrons. The van der Waals surface area contributed by atoms with E-state index in [2.05, 4.69) is 18.7 Å². The number of esters is 1. The topological polar surface area (TPSA) is 55.6 Å². The Hall–Kier alpha value is -0.610. The Morgan fingerprint density at radius 3 is 2.61 bits per heavy atom. The first-order valence-electron chi connectivity index (χ1n) is 7.31. The van der Waals surface area contributed by atoms with E-state index in [1.807, 2.05) is 6.92 Å². The van der Waals surface area contributed by atoms with Crippen LogP contribution in [0.3, 0.4) is 0 Å². The van der Waals surface area contributed by atoms with E-state index in [0.29, 0.717) is 18.6 Å². The lowest BCUT2D eigenvalue weighted by Crippen LogP contribution is -2.50. The molecule has 2 N–H and O–H groups in total. The molecule has 0 aromatic heterocycles. The van der Waals surface area contributed by atoms with Crippen LogP contribution in [-0.2, 0) is 9.53 Å². The molecule has 0 aromatic rings. The minimum atomic E-state index is -0.105. The third kappa shape index (κ3) is 3.45. The van der Waals surface area contributed by atoms with Gasteiger partial charge < -0.3 is 10.5 Å². The maximum atomic E-state index is 12.0. The molecule has 0 spiro atoms. The van der Waals surface area contributed by atoms with Gasteiger partial charge in [0.2, 0.25) is 0 Å². The maximum Gasteiger partial charge on any atom is 0.323 e. The van der Waals surface area contributed by atoms with Crippen LogP contribution in [0, 0.1) is 5.92 Å². The van der Waals surface area contributed by atoms with E-state index >= 15 is 0 Å². The van der Waals surface area contributed by atoms with E-state index in [-0.39, 0.29) is 12.0 Å². The standard InChI is InChI=1S/C14H28N2O2/c1-4-12(14(17)18-6-3)16(5-2)13-9-7-8-11(13)10-15/h11-13H,4-10,15H2,1-3H3. The third-order valence-electron chi connectivity index (χ3n) is 4.06. The zero-order chi connectivity index (χ0) is 13.5. The van der Waals surface area contributed by atoms with E-state index in [1.165, 1.54) is 12.8 Å². The highest BCUT2D eigenvalue weighted by molar-refractivity contribution is 5.75. The summed E-state index contributed by atoms with van der Waals surface area (Å²) in [7, 11) is 0. The first-order valence-corrected chi connectivity index (χ1v) is 7.31. The number of hydrogen-bond donors (Lipinski definition) is 1. The first-order chi connectivity index (χ1) is 8.69. The summed E-state index contributed by atoms with van der Waals surface area (Å²) in [5.74, 6) is 0.456. The number of nitrogens with zero attached hydrogens (tertiary/aromatic N) is 1. The molecule has 4 heteroatoms. The maximum absolute atomic E-state index is 12.0. The van der Waals surface area contributed by atoms with Gasteiger partial charge in [-0.25, -0.2) is 0 Å². The Morgan fingerprint density at radius 2 is 2.11 bits per heavy atom. The number of rotatable bonds is 7. The van der Waals surface area contributed by atoms with Crippen LogP contribution in [-0.4, -0.2) is 42.6 Å². The van der Waals surface area contributed by atoms with Gasteiger partial charge in [-0.3, -0.25) is 9.69 Å². The van der Waals surface area contributed by atoms with Crippen LogP contribution in [0.25, 0.3) is 0 Å². The molecule has 0 bridgehead atoms. The molecule has 1 saturated carbocycles. The van der Waals surface area contributed by atoms with Crippen molar-refractivity contribution in [1.29, 1.82) is 0 Å². The van der Waals surface area contributed by atoms with Crippen LogP contribution in [0.2, 0.25) is 0 Å². The van der Waals surface area contributed by atoms with Gasteiger partial charge in [0, 0.05) is 6.04 Å². The fraction of sp³-hybridized carbons (Fsp3) is 0.929. The number of nitrogens with two attached hydrogens (primary N) is 1. The normalized spacial score (nSPS) is 25.4. The molecule has 0 aliphatic heterocycles. The predicted octanol–water partition coefficient (Wildman–Crippen LogP) is 1.78. The molecule has 1 fully saturated rings. The largest absolute Gasteiger partial charge is 0.465 e. The van der Waals surface area contributed by atoms with Crippen molar-refractivity contribution >= 4 is 5.97 Å². The number of likely N-dealkylation sites (N-methyl/N-ethyl adjacent to an activating group) is 1. The summed E-state index contributed by atoms with van der Waals surface area (Å²) in [6.45, 7) is 8.10. The number of hydrogen-bond acceptors (Lipinski definition) is 4. The summed E-state index contributed by atoms with van der Waals surface area (Å²) in [5, 5.41) is 0. The second-order valence-electron chi connectivity index (χ2n) is 5.00. The van der Waals surface area contributed by atoms with Crippen LogP contribution < -0.4 is 5.73 Å². The lowest BCUT2D eigenvalue weighted by molar-refractivity contribution is -0.151. The SMILES string of the molecule is CCOC(=O)C(CC)N(CC)C1CCCC1CN. The minimum absolute atomic E-state index is 0.0791. The number of carbonyl (C=O) groups excluding carboxylic acids is 1. The summed E-state index contributed by atoms with van der Waals surface area (Å²) in [6, 6.07) is 0.349. The van der Waals surface area contributed by atoms with Crippen molar-refractivity contribution < 1.29 is 9.53 Å². The van der Waals surface area contributed by atoms with Crippen molar-refractivity contribution in [3.63, 3.8) is 0 Å². The molecule has 0 amide bonds. The van der Waals surface area contributed by atoms with Crippen molar-refractivity contribution in [2.24, 2.45) is 11.7 Å². The molecule has 3 unspecified atom stereocenters. The summed E-state index contributed by atoms with van der Waals surface area (Å²) in [4.78, 5) is 14.3. The molecule has 0 heterocycles. The van der Waals surface area contributed by atoms with Crippen molar-refractivity contribution in [2.45, 2.75) is 58.5 Å². The van der Waals surface area contributed by atoms with Crippen LogP contribution in [0.5, 0.6) is 0 Å². The van der Waals surface area contributed by atoms with Gasteiger partial charge in [-0.2, -0.15) is 0 Å². The average Bonchev–Trinajstić information content (AvgIpc) is 2.83. The van der Waals surface area contributed by atoms with Crippen molar-refractivity contribution in [1.82, 2.24) is 4.90 Å². The molecule has 106 valence electrons. The average molecular weight is 256 g/mol. The van der Waals surface area contributed by atoms with Gasteiger partial charge in [0.05, 0.1) is 6.61 Å². The van der Waals surface area contributed by atoms with Gasteiger partial charge in [0.25, 0.3) is 0 Å². The Morgan fingerprint density at radius 1 is 1.39 bits per heavy atom. The van der Waals surface area contributed by atoms with Gasteiger partial charge in [-0.15, -0.1) is 0 Å². The predicted molar refractivity (Wildman–Crippen MR) is 73.3 cm³/mol. The molecule has 1 aliphatic rings. The minimum Gasteiger partial charge on any atom is -0.465 e. The Kier molecular flexibility index (Phi) is 6.65. The van der Waals surface area contributed by atoms with Gasteiger partial charge in [0.1, 0.15) is 6.04 Å². The molecule has 4 nitrogen and oxygen atoms in total. The van der Waals surface area contributed by atoms with Crippen LogP contribution in [0.15, 0.2) is 0 Å². The smallest absolute Gasteiger partial charge is 0.323 e. The number of carbonyl (C=O) groups is 1. The van der Waals surface area contributed by atoms with E-state index in [0.717, 1.165) is 25.9 Å². The van der Waals surface area contributed by atoms with Gasteiger partial charge >= 0.3 is 5.97 Å². The molecule has 0 aromatic carbocycles. The monoisotopic (exact) mass is 256 g/mol. The van der Waals surface area contributed by atoms with Gasteiger partial charge in [-0.1, -0.05) is 20.3 Å². The van der Waals surface area contributed by atoms with Crippen LogP contribution >= 0.6 is 0 Å². The number of ether oxygens (including phenoxy) is 1. The van der Waals surface area contributed by atoms with Gasteiger partial charge in [-0.05, 0) is 45.2 Å². The lowest BCUT2D eigenvalue weighted by Gasteiger charge is -2.36. The highest BCUT2D eigenvalue weighted by atomic mass is 16.5. The summed E-state index contributed by atoms with van der Waals surface area (Å²) in [6.07, 6.45) is 4.38. The fourth-order valence-electron chi connectivity index (χ4n) is 3.19. The van der Waals surface area contributed by atoms with E-state index in [4.69, 9.17) is 10.5 Å². The zero-order valence-electron chi connectivity index (χ0n) is 12.0. The van der Waals surface area contributed by atoms with Crippen LogP contribution in [0.4, 0.5) is 0 Å². The van der Waals surface area contributed by atoms with Crippen LogP contribution in [0.1, 0.15) is 46.5 Å². The Balaban J connectivity index is 2.75. The van der Waals surface area contributed by atoms with Gasteiger partial charge in [0.15, 0.2) is 0 Å². The fourth-order valence-corrected chi connectivity index (χ4v) is 3.19.